The number of hydrogen-bond acceptors (Lipinski definition) is 2. The third-order valence-electron chi connectivity index (χ3n) is 5.19. The number of nitrogens with one attached hydrogen (secondary N) is 1. The minimum absolute atomic E-state index is 0. The second kappa shape index (κ2) is 8.07. The van der Waals surface area contributed by atoms with E-state index in [0.29, 0.717) is 6.04 Å². The lowest BCUT2D eigenvalue weighted by molar-refractivity contribution is 0.0702. The quantitative estimate of drug-likeness (QED) is 0.906. The van der Waals surface area contributed by atoms with Crippen LogP contribution in [0.2, 0.25) is 0 Å². The molecule has 1 amide bonds. The van der Waals surface area contributed by atoms with E-state index in [9.17, 15) is 4.79 Å². The van der Waals surface area contributed by atoms with Crippen LogP contribution in [0.3, 0.4) is 0 Å². The van der Waals surface area contributed by atoms with Crippen LogP contribution < -0.4 is 5.32 Å². The van der Waals surface area contributed by atoms with Crippen LogP contribution in [0.1, 0.15) is 40.2 Å². The summed E-state index contributed by atoms with van der Waals surface area (Å²) in [7, 11) is 1.94. The Labute approximate surface area is 156 Å². The number of carbonyl (C=O) groups excluding carboxylic acids is 1. The van der Waals surface area contributed by atoms with E-state index in [1.54, 1.807) is 0 Å². The van der Waals surface area contributed by atoms with Gasteiger partial charge in [-0.2, -0.15) is 0 Å². The second-order valence-corrected chi connectivity index (χ2v) is 6.80. The third-order valence-corrected chi connectivity index (χ3v) is 5.19. The molecule has 1 fully saturated rings. The van der Waals surface area contributed by atoms with Crippen LogP contribution in [0.4, 0.5) is 0 Å². The van der Waals surface area contributed by atoms with Gasteiger partial charge in [-0.05, 0) is 64.4 Å². The number of piperidine rings is 1. The fraction of sp³-hybridized carbons (Fsp3) is 0.450. The minimum atomic E-state index is 0. The van der Waals surface area contributed by atoms with Crippen molar-refractivity contribution in [1.29, 1.82) is 0 Å². The molecule has 1 saturated heterocycles. The molecule has 1 N–H and O–H groups in total. The Kier molecular flexibility index (Phi) is 6.31. The third kappa shape index (κ3) is 3.75. The highest BCUT2D eigenvalue weighted by molar-refractivity contribution is 5.96. The molecule has 0 bridgehead atoms. The molecule has 0 saturated carbocycles. The van der Waals surface area contributed by atoms with E-state index in [0.717, 1.165) is 48.6 Å². The van der Waals surface area contributed by atoms with Gasteiger partial charge < -0.3 is 14.8 Å². The van der Waals surface area contributed by atoms with Crippen molar-refractivity contribution in [2.45, 2.75) is 39.7 Å². The molecule has 0 unspecified atom stereocenters. The second-order valence-electron chi connectivity index (χ2n) is 6.80. The lowest BCUT2D eigenvalue weighted by Crippen LogP contribution is -2.44. The van der Waals surface area contributed by atoms with E-state index in [-0.39, 0.29) is 18.3 Å². The maximum atomic E-state index is 13.0. The van der Waals surface area contributed by atoms with Crippen LogP contribution in [-0.2, 0) is 0 Å². The zero-order chi connectivity index (χ0) is 17.3. The Morgan fingerprint density at radius 2 is 1.80 bits per heavy atom. The summed E-state index contributed by atoms with van der Waals surface area (Å²) in [6, 6.07) is 10.7. The molecule has 25 heavy (non-hydrogen) atoms. The van der Waals surface area contributed by atoms with Crippen molar-refractivity contribution in [2.75, 3.05) is 20.1 Å². The molecular formula is C20H28ClN3O. The lowest BCUT2D eigenvalue weighted by atomic mass is 10.0. The van der Waals surface area contributed by atoms with E-state index in [1.165, 1.54) is 5.56 Å². The van der Waals surface area contributed by atoms with Crippen LogP contribution in [-0.4, -0.2) is 41.6 Å². The highest BCUT2D eigenvalue weighted by atomic mass is 35.5. The molecule has 3 rings (SSSR count). The van der Waals surface area contributed by atoms with Crippen molar-refractivity contribution < 1.29 is 4.79 Å². The summed E-state index contributed by atoms with van der Waals surface area (Å²) in [6.45, 7) is 8.20. The molecule has 4 nitrogen and oxygen atoms in total. The van der Waals surface area contributed by atoms with Crippen molar-refractivity contribution in [3.8, 4) is 5.69 Å². The number of nitrogens with zero attached hydrogens (tertiary/aromatic N) is 2. The number of para-hydroxylation sites is 1. The zero-order valence-electron chi connectivity index (χ0n) is 15.5. The van der Waals surface area contributed by atoms with E-state index in [1.807, 2.05) is 37.1 Å². The van der Waals surface area contributed by atoms with Gasteiger partial charge in [-0.1, -0.05) is 18.2 Å². The van der Waals surface area contributed by atoms with E-state index >= 15 is 0 Å². The number of aromatic nitrogens is 1. The summed E-state index contributed by atoms with van der Waals surface area (Å²) in [4.78, 5) is 15.0. The molecule has 1 aliphatic rings. The standard InChI is InChI=1S/C20H27N3O.ClH/c1-14-7-5-6-8-19(14)23-15(2)13-18(16(23)3)20(24)22(4)17-9-11-21-12-10-17;/h5-8,13,17,21H,9-12H2,1-4H3;1H. The summed E-state index contributed by atoms with van der Waals surface area (Å²) < 4.78 is 2.19. The molecule has 1 aliphatic heterocycles. The first-order valence-electron chi connectivity index (χ1n) is 8.73. The van der Waals surface area contributed by atoms with Gasteiger partial charge >= 0.3 is 0 Å². The molecule has 0 spiro atoms. The predicted molar refractivity (Wildman–Crippen MR) is 105 cm³/mol. The highest BCUT2D eigenvalue weighted by Crippen LogP contribution is 2.25. The summed E-state index contributed by atoms with van der Waals surface area (Å²) >= 11 is 0. The van der Waals surface area contributed by atoms with Gasteiger partial charge in [-0.15, -0.1) is 12.4 Å². The average molecular weight is 362 g/mol. The Morgan fingerprint density at radius 3 is 2.44 bits per heavy atom. The first kappa shape index (κ1) is 19.5. The van der Waals surface area contributed by atoms with Gasteiger partial charge in [0.05, 0.1) is 5.56 Å². The predicted octanol–water partition coefficient (Wildman–Crippen LogP) is 3.65. The maximum Gasteiger partial charge on any atom is 0.255 e. The summed E-state index contributed by atoms with van der Waals surface area (Å²) in [5, 5.41) is 3.36. The Balaban J connectivity index is 0.00000225. The Hall–Kier alpha value is -1.78. The number of halogens is 1. The normalized spacial score (nSPS) is 14.9. The molecule has 0 radical (unpaired) electrons. The smallest absolute Gasteiger partial charge is 0.255 e. The van der Waals surface area contributed by atoms with Gasteiger partial charge in [0.1, 0.15) is 0 Å². The number of rotatable bonds is 3. The van der Waals surface area contributed by atoms with Crippen LogP contribution in [0.25, 0.3) is 5.69 Å². The summed E-state index contributed by atoms with van der Waals surface area (Å²) in [6.07, 6.45) is 2.05. The number of benzene rings is 1. The maximum absolute atomic E-state index is 13.0. The van der Waals surface area contributed by atoms with E-state index in [4.69, 9.17) is 0 Å². The van der Waals surface area contributed by atoms with Crippen LogP contribution >= 0.6 is 12.4 Å². The van der Waals surface area contributed by atoms with Gasteiger partial charge in [0.15, 0.2) is 0 Å². The van der Waals surface area contributed by atoms with Crippen molar-refractivity contribution in [1.82, 2.24) is 14.8 Å². The van der Waals surface area contributed by atoms with Crippen LogP contribution in [0, 0.1) is 20.8 Å². The molecule has 0 aliphatic carbocycles. The fourth-order valence-corrected chi connectivity index (χ4v) is 3.71. The lowest BCUT2D eigenvalue weighted by Gasteiger charge is -2.31. The molecule has 2 heterocycles. The molecule has 1 aromatic carbocycles. The molecular weight excluding hydrogens is 334 g/mol. The largest absolute Gasteiger partial charge is 0.339 e. The Bertz CT molecular complexity index is 747. The molecule has 2 aromatic rings. The fourth-order valence-electron chi connectivity index (χ4n) is 3.71. The minimum Gasteiger partial charge on any atom is -0.339 e. The van der Waals surface area contributed by atoms with Gasteiger partial charge in [0.2, 0.25) is 0 Å². The highest BCUT2D eigenvalue weighted by Gasteiger charge is 2.26. The Morgan fingerprint density at radius 1 is 1.16 bits per heavy atom. The van der Waals surface area contributed by atoms with E-state index < -0.39 is 0 Å². The van der Waals surface area contributed by atoms with Gasteiger partial charge in [-0.25, -0.2) is 0 Å². The first-order valence-corrected chi connectivity index (χ1v) is 8.73. The molecule has 136 valence electrons. The van der Waals surface area contributed by atoms with Crippen molar-refractivity contribution in [3.05, 3.63) is 52.8 Å². The van der Waals surface area contributed by atoms with E-state index in [2.05, 4.69) is 35.9 Å². The van der Waals surface area contributed by atoms with Gasteiger partial charge in [0.25, 0.3) is 5.91 Å². The number of aryl methyl sites for hydroxylation is 2. The number of amides is 1. The SMILES string of the molecule is Cc1ccccc1-n1c(C)cc(C(=O)N(C)C2CCNCC2)c1C.Cl. The van der Waals surface area contributed by atoms with Crippen molar-refractivity contribution in [3.63, 3.8) is 0 Å². The van der Waals surface area contributed by atoms with Gasteiger partial charge in [-0.3, -0.25) is 4.79 Å². The average Bonchev–Trinajstić information content (AvgIpc) is 2.89. The monoisotopic (exact) mass is 361 g/mol. The van der Waals surface area contributed by atoms with Gasteiger partial charge in [0, 0.05) is 30.2 Å². The molecule has 1 aromatic heterocycles. The zero-order valence-corrected chi connectivity index (χ0v) is 16.3. The van der Waals surface area contributed by atoms with Crippen molar-refractivity contribution in [2.24, 2.45) is 0 Å². The molecule has 0 atom stereocenters. The topological polar surface area (TPSA) is 37.3 Å². The summed E-state index contributed by atoms with van der Waals surface area (Å²) in [5.74, 6) is 0.134. The van der Waals surface area contributed by atoms with Crippen LogP contribution in [0.15, 0.2) is 30.3 Å². The summed E-state index contributed by atoms with van der Waals surface area (Å²) in [5.41, 5.74) is 5.30. The first-order chi connectivity index (χ1) is 11.5. The number of carbonyl (C=O) groups is 1. The number of hydrogen-bond donors (Lipinski definition) is 1. The van der Waals surface area contributed by atoms with Crippen molar-refractivity contribution >= 4 is 18.3 Å². The molecule has 5 heteroatoms. The van der Waals surface area contributed by atoms with Crippen LogP contribution in [0.5, 0.6) is 0 Å².